The van der Waals surface area contributed by atoms with Crippen molar-refractivity contribution in [1.82, 2.24) is 5.32 Å². The highest BCUT2D eigenvalue weighted by atomic mass is 32.2. The summed E-state index contributed by atoms with van der Waals surface area (Å²) in [4.78, 5) is 20.7. The van der Waals surface area contributed by atoms with Gasteiger partial charge in [0.05, 0.1) is 6.54 Å². The summed E-state index contributed by atoms with van der Waals surface area (Å²) in [5, 5.41) is 10.7. The van der Waals surface area contributed by atoms with Crippen molar-refractivity contribution >= 4 is 37.1 Å². The van der Waals surface area contributed by atoms with Crippen molar-refractivity contribution in [3.63, 3.8) is 0 Å². The van der Waals surface area contributed by atoms with Gasteiger partial charge in [0.1, 0.15) is 0 Å². The van der Waals surface area contributed by atoms with Crippen LogP contribution in [0.5, 0.6) is 0 Å². The number of nitrogens with one attached hydrogen (secondary N) is 1. The average molecular weight is 195 g/mol. The second-order valence-corrected chi connectivity index (χ2v) is 3.91. The summed E-state index contributed by atoms with van der Waals surface area (Å²) in [6.07, 6.45) is 0. The van der Waals surface area contributed by atoms with Crippen molar-refractivity contribution in [3.8, 4) is 0 Å². The maximum absolute atomic E-state index is 10.3. The predicted octanol–water partition coefficient (Wildman–Crippen LogP) is -0.237. The molecule has 1 amide bonds. The van der Waals surface area contributed by atoms with E-state index in [0.29, 0.717) is 0 Å². The van der Waals surface area contributed by atoms with E-state index in [9.17, 15) is 9.59 Å². The molecule has 11 heavy (non-hydrogen) atoms. The number of carboxylic acid groups (broad SMARTS) is 1. The molecule has 0 radical (unpaired) electrons. The number of amides is 1. The van der Waals surface area contributed by atoms with E-state index in [1.165, 1.54) is 6.92 Å². The standard InChI is InChI=1S/C5H9NO3S2/c1-3(7)6-2-5(10,11)4(8)9/h10-11H,2H2,1H3,(H,6,7)(H,8,9). The minimum Gasteiger partial charge on any atom is -0.480 e. The normalized spacial score (nSPS) is 10.8. The van der Waals surface area contributed by atoms with Crippen LogP contribution in [0.15, 0.2) is 0 Å². The van der Waals surface area contributed by atoms with Crippen LogP contribution >= 0.6 is 25.3 Å². The van der Waals surface area contributed by atoms with E-state index in [-0.39, 0.29) is 12.5 Å². The van der Waals surface area contributed by atoms with E-state index in [1.54, 1.807) is 0 Å². The number of carbonyl (C=O) groups is 2. The highest BCUT2D eigenvalue weighted by Crippen LogP contribution is 2.17. The summed E-state index contributed by atoms with van der Waals surface area (Å²) >= 11 is 7.41. The zero-order valence-corrected chi connectivity index (χ0v) is 7.65. The molecule has 0 aromatic heterocycles. The highest BCUT2D eigenvalue weighted by molar-refractivity contribution is 8.02. The Kier molecular flexibility index (Phi) is 3.74. The summed E-state index contributed by atoms with van der Waals surface area (Å²) in [7, 11) is 0. The van der Waals surface area contributed by atoms with Crippen molar-refractivity contribution in [1.29, 1.82) is 0 Å². The van der Waals surface area contributed by atoms with Gasteiger partial charge in [-0.25, -0.2) is 4.79 Å². The Hall–Kier alpha value is -0.360. The van der Waals surface area contributed by atoms with Crippen LogP contribution in [0.1, 0.15) is 6.92 Å². The fourth-order valence-corrected chi connectivity index (χ4v) is 0.481. The maximum atomic E-state index is 10.3. The largest absolute Gasteiger partial charge is 0.480 e. The highest BCUT2D eigenvalue weighted by Gasteiger charge is 2.29. The molecule has 0 spiro atoms. The van der Waals surface area contributed by atoms with E-state index in [2.05, 4.69) is 30.6 Å². The van der Waals surface area contributed by atoms with Gasteiger partial charge in [0.25, 0.3) is 0 Å². The Labute approximate surface area is 75.2 Å². The average Bonchev–Trinajstić information content (AvgIpc) is 1.84. The maximum Gasteiger partial charge on any atom is 0.331 e. The Balaban J connectivity index is 3.92. The van der Waals surface area contributed by atoms with Crippen LogP contribution in [0.4, 0.5) is 0 Å². The third-order valence-electron chi connectivity index (χ3n) is 0.926. The van der Waals surface area contributed by atoms with Gasteiger partial charge in [0, 0.05) is 6.92 Å². The van der Waals surface area contributed by atoms with Crippen molar-refractivity contribution in [2.75, 3.05) is 6.54 Å². The second-order valence-electron chi connectivity index (χ2n) is 2.03. The van der Waals surface area contributed by atoms with Crippen LogP contribution in [0.3, 0.4) is 0 Å². The van der Waals surface area contributed by atoms with Crippen LogP contribution in [-0.2, 0) is 9.59 Å². The van der Waals surface area contributed by atoms with Crippen LogP contribution in [0.2, 0.25) is 0 Å². The van der Waals surface area contributed by atoms with Crippen molar-refractivity contribution in [3.05, 3.63) is 0 Å². The molecule has 4 nitrogen and oxygen atoms in total. The first-order chi connectivity index (χ1) is 4.86. The lowest BCUT2D eigenvalue weighted by molar-refractivity contribution is -0.137. The minimum atomic E-state index is -1.49. The van der Waals surface area contributed by atoms with Crippen LogP contribution < -0.4 is 5.32 Å². The van der Waals surface area contributed by atoms with Gasteiger partial charge in [0.2, 0.25) is 5.91 Å². The molecule has 0 fully saturated rings. The second kappa shape index (κ2) is 3.87. The molecule has 0 aliphatic carbocycles. The van der Waals surface area contributed by atoms with Crippen LogP contribution in [-0.4, -0.2) is 27.6 Å². The molecular weight excluding hydrogens is 186 g/mol. The summed E-state index contributed by atoms with van der Waals surface area (Å²) < 4.78 is -1.49. The number of rotatable bonds is 3. The van der Waals surface area contributed by atoms with Gasteiger partial charge in [-0.3, -0.25) is 4.79 Å². The summed E-state index contributed by atoms with van der Waals surface area (Å²) in [5.41, 5.74) is 0. The number of carboxylic acids is 1. The van der Waals surface area contributed by atoms with Gasteiger partial charge in [0.15, 0.2) is 4.08 Å². The fourth-order valence-electron chi connectivity index (χ4n) is 0.323. The summed E-state index contributed by atoms with van der Waals surface area (Å²) in [6.45, 7) is 1.18. The first-order valence-electron chi connectivity index (χ1n) is 2.79. The first-order valence-corrected chi connectivity index (χ1v) is 3.68. The van der Waals surface area contributed by atoms with E-state index in [1.807, 2.05) is 0 Å². The molecule has 0 bridgehead atoms. The Morgan fingerprint density at radius 2 is 2.00 bits per heavy atom. The fraction of sp³-hybridized carbons (Fsp3) is 0.600. The van der Waals surface area contributed by atoms with Gasteiger partial charge in [-0.1, -0.05) is 0 Å². The number of aliphatic carboxylic acids is 1. The smallest absolute Gasteiger partial charge is 0.331 e. The molecule has 6 heteroatoms. The van der Waals surface area contributed by atoms with Crippen LogP contribution in [0.25, 0.3) is 0 Å². The quantitative estimate of drug-likeness (QED) is 0.371. The zero-order chi connectivity index (χ0) is 9.07. The molecule has 0 saturated carbocycles. The third kappa shape index (κ3) is 4.15. The molecule has 0 aliphatic heterocycles. The summed E-state index contributed by atoms with van der Waals surface area (Å²) in [6, 6.07) is 0. The zero-order valence-electron chi connectivity index (χ0n) is 5.87. The molecule has 0 heterocycles. The molecular formula is C5H9NO3S2. The van der Waals surface area contributed by atoms with E-state index >= 15 is 0 Å². The van der Waals surface area contributed by atoms with Gasteiger partial charge >= 0.3 is 5.97 Å². The lowest BCUT2D eigenvalue weighted by Crippen LogP contribution is -2.39. The Morgan fingerprint density at radius 1 is 1.55 bits per heavy atom. The first kappa shape index (κ1) is 10.6. The van der Waals surface area contributed by atoms with Gasteiger partial charge in [-0.05, 0) is 0 Å². The minimum absolute atomic E-state index is 0.107. The molecule has 0 aromatic carbocycles. The van der Waals surface area contributed by atoms with Crippen LogP contribution in [0, 0.1) is 0 Å². The molecule has 2 N–H and O–H groups in total. The summed E-state index contributed by atoms with van der Waals surface area (Å²) in [5.74, 6) is -1.49. The number of hydrogen-bond acceptors (Lipinski definition) is 4. The molecule has 64 valence electrons. The lowest BCUT2D eigenvalue weighted by atomic mass is 10.4. The molecule has 0 unspecified atom stereocenters. The number of hydrogen-bond donors (Lipinski definition) is 4. The molecule has 0 saturated heterocycles. The topological polar surface area (TPSA) is 66.4 Å². The van der Waals surface area contributed by atoms with E-state index in [4.69, 9.17) is 5.11 Å². The van der Waals surface area contributed by atoms with Gasteiger partial charge < -0.3 is 10.4 Å². The molecule has 0 aliphatic rings. The lowest BCUT2D eigenvalue weighted by Gasteiger charge is -2.16. The van der Waals surface area contributed by atoms with E-state index in [0.717, 1.165) is 0 Å². The van der Waals surface area contributed by atoms with Crippen molar-refractivity contribution in [2.24, 2.45) is 0 Å². The van der Waals surface area contributed by atoms with E-state index < -0.39 is 10.0 Å². The van der Waals surface area contributed by atoms with Crippen molar-refractivity contribution in [2.45, 2.75) is 11.0 Å². The Morgan fingerprint density at radius 3 is 2.27 bits per heavy atom. The van der Waals surface area contributed by atoms with Gasteiger partial charge in [-0.15, -0.1) is 25.3 Å². The number of thiol groups is 2. The predicted molar refractivity (Wildman–Crippen MR) is 47.0 cm³/mol. The molecule has 0 atom stereocenters. The number of carbonyl (C=O) groups excluding carboxylic acids is 1. The monoisotopic (exact) mass is 195 g/mol. The SMILES string of the molecule is CC(=O)NCC(S)(S)C(=O)O. The Bertz CT molecular complexity index is 181. The van der Waals surface area contributed by atoms with Crippen molar-refractivity contribution < 1.29 is 14.7 Å². The van der Waals surface area contributed by atoms with Gasteiger partial charge in [-0.2, -0.15) is 0 Å². The molecule has 0 aromatic rings. The molecule has 0 rings (SSSR count). The third-order valence-corrected chi connectivity index (χ3v) is 1.63.